The molecule has 0 heterocycles. The number of rotatable bonds is 3. The lowest BCUT2D eigenvalue weighted by molar-refractivity contribution is -0.0501. The van der Waals surface area contributed by atoms with Gasteiger partial charge in [-0.15, -0.1) is 0 Å². The van der Waals surface area contributed by atoms with Gasteiger partial charge in [0.05, 0.1) is 7.11 Å². The molecule has 0 saturated heterocycles. The fraction of sp³-hybridized carbons (Fsp3) is 0.250. The average Bonchev–Trinajstić information content (AvgIpc) is 2.27. The number of hydrogen-bond donors (Lipinski definition) is 0. The van der Waals surface area contributed by atoms with E-state index in [0.29, 0.717) is 6.07 Å². The fourth-order valence-corrected chi connectivity index (χ4v) is 1.68. The number of halogens is 6. The van der Waals surface area contributed by atoms with Gasteiger partial charge in [0.2, 0.25) is 0 Å². The van der Waals surface area contributed by atoms with Crippen LogP contribution in [0.5, 0.6) is 11.5 Å². The number of methoxy groups -OCH3 is 1. The van der Waals surface area contributed by atoms with E-state index in [1.165, 1.54) is 0 Å². The van der Waals surface area contributed by atoms with E-state index >= 15 is 0 Å². The van der Waals surface area contributed by atoms with Gasteiger partial charge >= 0.3 is 15.6 Å². The van der Waals surface area contributed by atoms with Crippen molar-refractivity contribution >= 4 is 21.7 Å². The van der Waals surface area contributed by atoms with Crippen molar-refractivity contribution in [1.29, 1.82) is 0 Å². The third-order valence-corrected chi connectivity index (χ3v) is 3.07. The molecule has 0 radical (unpaired) electrons. The van der Waals surface area contributed by atoms with Gasteiger partial charge in [-0.25, -0.2) is 8.78 Å². The summed E-state index contributed by atoms with van der Waals surface area (Å²) in [6, 6.07) is 0.294. The van der Waals surface area contributed by atoms with E-state index in [1.54, 1.807) is 0 Å². The average molecular weight is 327 g/mol. The SMILES string of the molecule is COc1cc(F)c(OS(=O)(=O)C(F)(F)F)c(Cl)c1F. The summed E-state index contributed by atoms with van der Waals surface area (Å²) in [5.74, 6) is -5.41. The van der Waals surface area contributed by atoms with Crippen molar-refractivity contribution in [2.24, 2.45) is 0 Å². The zero-order valence-electron chi connectivity index (χ0n) is 8.89. The second-order valence-corrected chi connectivity index (χ2v) is 4.92. The van der Waals surface area contributed by atoms with Crippen molar-refractivity contribution in [3.8, 4) is 11.5 Å². The normalized spacial score (nSPS) is 12.4. The van der Waals surface area contributed by atoms with Gasteiger partial charge in [0, 0.05) is 6.07 Å². The number of hydrogen-bond acceptors (Lipinski definition) is 4. The van der Waals surface area contributed by atoms with E-state index in [2.05, 4.69) is 8.92 Å². The molecule has 0 saturated carbocycles. The molecule has 0 aliphatic rings. The number of alkyl halides is 3. The first-order valence-electron chi connectivity index (χ1n) is 4.23. The van der Waals surface area contributed by atoms with Crippen molar-refractivity contribution in [3.63, 3.8) is 0 Å². The molecular formula is C8H4ClF5O4S. The van der Waals surface area contributed by atoms with Crippen molar-refractivity contribution in [3.05, 3.63) is 22.7 Å². The van der Waals surface area contributed by atoms with Crippen molar-refractivity contribution < 1.29 is 39.3 Å². The molecule has 0 bridgehead atoms. The van der Waals surface area contributed by atoms with Crippen LogP contribution in [0.25, 0.3) is 0 Å². The van der Waals surface area contributed by atoms with Gasteiger partial charge in [-0.3, -0.25) is 0 Å². The smallest absolute Gasteiger partial charge is 0.494 e. The van der Waals surface area contributed by atoms with Gasteiger partial charge in [-0.1, -0.05) is 11.6 Å². The highest BCUT2D eigenvalue weighted by molar-refractivity contribution is 7.88. The van der Waals surface area contributed by atoms with Crippen LogP contribution in [-0.2, 0) is 10.1 Å². The van der Waals surface area contributed by atoms with Gasteiger partial charge in [0.25, 0.3) is 0 Å². The number of ether oxygens (including phenoxy) is 1. The molecule has 11 heteroatoms. The number of benzene rings is 1. The van der Waals surface area contributed by atoms with Crippen LogP contribution in [0.4, 0.5) is 22.0 Å². The zero-order chi connectivity index (χ0) is 15.0. The Kier molecular flexibility index (Phi) is 4.15. The summed E-state index contributed by atoms with van der Waals surface area (Å²) >= 11 is 5.19. The second kappa shape index (κ2) is 5.00. The van der Waals surface area contributed by atoms with E-state index in [9.17, 15) is 30.4 Å². The van der Waals surface area contributed by atoms with E-state index in [4.69, 9.17) is 11.6 Å². The highest BCUT2D eigenvalue weighted by atomic mass is 35.5. The maximum atomic E-state index is 13.3. The Morgan fingerprint density at radius 2 is 1.79 bits per heavy atom. The predicted molar refractivity (Wildman–Crippen MR) is 53.5 cm³/mol. The van der Waals surface area contributed by atoms with Crippen molar-refractivity contribution in [1.82, 2.24) is 0 Å². The van der Waals surface area contributed by atoms with Gasteiger partial charge < -0.3 is 8.92 Å². The van der Waals surface area contributed by atoms with Crippen LogP contribution >= 0.6 is 11.6 Å². The zero-order valence-corrected chi connectivity index (χ0v) is 10.5. The van der Waals surface area contributed by atoms with Crippen LogP contribution in [0.15, 0.2) is 6.07 Å². The summed E-state index contributed by atoms with van der Waals surface area (Å²) in [5, 5.41) is -1.29. The largest absolute Gasteiger partial charge is 0.534 e. The first-order chi connectivity index (χ1) is 8.51. The lowest BCUT2D eigenvalue weighted by Crippen LogP contribution is -2.28. The molecule has 1 aromatic carbocycles. The molecule has 1 rings (SSSR count). The highest BCUT2D eigenvalue weighted by Crippen LogP contribution is 2.38. The van der Waals surface area contributed by atoms with Gasteiger partial charge in [0.1, 0.15) is 5.02 Å². The minimum Gasteiger partial charge on any atom is -0.494 e. The van der Waals surface area contributed by atoms with Crippen LogP contribution in [0.3, 0.4) is 0 Å². The minimum atomic E-state index is -6.16. The summed E-state index contributed by atoms with van der Waals surface area (Å²) < 4.78 is 91.9. The molecule has 0 fully saturated rings. The molecule has 0 amide bonds. The second-order valence-electron chi connectivity index (χ2n) is 3.00. The molecule has 0 spiro atoms. The quantitative estimate of drug-likeness (QED) is 0.371. The van der Waals surface area contributed by atoms with Crippen molar-refractivity contribution in [2.75, 3.05) is 7.11 Å². The van der Waals surface area contributed by atoms with Crippen LogP contribution in [0.1, 0.15) is 0 Å². The molecule has 0 aliphatic heterocycles. The maximum Gasteiger partial charge on any atom is 0.534 e. The van der Waals surface area contributed by atoms with Gasteiger partial charge in [0.15, 0.2) is 23.1 Å². The highest BCUT2D eigenvalue weighted by Gasteiger charge is 2.49. The van der Waals surface area contributed by atoms with E-state index in [0.717, 1.165) is 7.11 Å². The monoisotopic (exact) mass is 326 g/mol. The maximum absolute atomic E-state index is 13.3. The Bertz CT molecular complexity index is 598. The Hall–Kier alpha value is -1.29. The molecule has 0 atom stereocenters. The molecule has 0 N–H and O–H groups in total. The van der Waals surface area contributed by atoms with Crippen LogP contribution in [0, 0.1) is 11.6 Å². The predicted octanol–water partition coefficient (Wildman–Crippen LogP) is 2.86. The first kappa shape index (κ1) is 15.8. The standard InChI is InChI=1S/C8H4ClF5O4S/c1-17-4-2-3(10)7(5(9)6(4)11)18-19(15,16)8(12,13)14/h2H,1H3. The lowest BCUT2D eigenvalue weighted by Gasteiger charge is -2.12. The summed E-state index contributed by atoms with van der Waals surface area (Å²) in [6.07, 6.45) is 0. The van der Waals surface area contributed by atoms with Crippen LogP contribution in [-0.4, -0.2) is 21.0 Å². The summed E-state index contributed by atoms with van der Waals surface area (Å²) in [7, 11) is -5.22. The van der Waals surface area contributed by atoms with E-state index < -0.39 is 43.8 Å². The molecular weight excluding hydrogens is 323 g/mol. The first-order valence-corrected chi connectivity index (χ1v) is 6.02. The van der Waals surface area contributed by atoms with E-state index in [-0.39, 0.29) is 0 Å². The molecule has 0 aliphatic carbocycles. The third kappa shape index (κ3) is 3.00. The van der Waals surface area contributed by atoms with Crippen LogP contribution in [0.2, 0.25) is 5.02 Å². The Morgan fingerprint density at radius 1 is 1.26 bits per heavy atom. The Labute approximate surface area is 108 Å². The molecule has 19 heavy (non-hydrogen) atoms. The molecule has 1 aromatic rings. The third-order valence-electron chi connectivity index (χ3n) is 1.78. The van der Waals surface area contributed by atoms with Gasteiger partial charge in [-0.05, 0) is 0 Å². The summed E-state index contributed by atoms with van der Waals surface area (Å²) in [6.45, 7) is 0. The topological polar surface area (TPSA) is 52.6 Å². The minimum absolute atomic E-state index is 0.294. The van der Waals surface area contributed by atoms with Gasteiger partial charge in [-0.2, -0.15) is 21.6 Å². The molecule has 108 valence electrons. The Morgan fingerprint density at radius 3 is 2.21 bits per heavy atom. The lowest BCUT2D eigenvalue weighted by atomic mass is 10.3. The van der Waals surface area contributed by atoms with Crippen molar-refractivity contribution in [2.45, 2.75) is 5.51 Å². The molecule has 0 aromatic heterocycles. The fourth-order valence-electron chi connectivity index (χ4n) is 0.939. The summed E-state index contributed by atoms with van der Waals surface area (Å²) in [5.41, 5.74) is -5.81. The van der Waals surface area contributed by atoms with E-state index in [1.807, 2.05) is 0 Å². The molecule has 0 unspecified atom stereocenters. The summed E-state index contributed by atoms with van der Waals surface area (Å²) in [4.78, 5) is 0. The Balaban J connectivity index is 3.36. The van der Waals surface area contributed by atoms with Crippen LogP contribution < -0.4 is 8.92 Å². The molecule has 4 nitrogen and oxygen atoms in total.